The van der Waals surface area contributed by atoms with Gasteiger partial charge < -0.3 is 5.11 Å². The minimum Gasteiger partial charge on any atom is -0.477 e. The molecule has 72 valence electrons. The van der Waals surface area contributed by atoms with Crippen LogP contribution in [0.4, 0.5) is 4.39 Å². The van der Waals surface area contributed by atoms with Crippen LogP contribution in [0.5, 0.6) is 0 Å². The summed E-state index contributed by atoms with van der Waals surface area (Å²) in [5, 5.41) is 9.34. The molecule has 0 amide bonds. The molecule has 2 nitrogen and oxygen atoms in total. The van der Waals surface area contributed by atoms with Crippen molar-refractivity contribution >= 4 is 43.3 Å². The normalized spacial score (nSPS) is 10.7. The van der Waals surface area contributed by atoms with Crippen LogP contribution in [0.2, 0.25) is 0 Å². The molecule has 0 aliphatic rings. The van der Waals surface area contributed by atoms with Gasteiger partial charge in [-0.25, -0.2) is 9.18 Å². The van der Waals surface area contributed by atoms with Crippen molar-refractivity contribution in [3.8, 4) is 0 Å². The first-order valence-electron chi connectivity index (χ1n) is 3.70. The maximum absolute atomic E-state index is 13.4. The van der Waals surface area contributed by atoms with Crippen LogP contribution < -0.4 is 0 Å². The Morgan fingerprint density at radius 2 is 2.21 bits per heavy atom. The van der Waals surface area contributed by atoms with Crippen LogP contribution in [0.15, 0.2) is 22.7 Å². The number of aromatic carboxylic acids is 1. The monoisotopic (exact) mass is 274 g/mol. The molecule has 5 heteroatoms. The van der Waals surface area contributed by atoms with Gasteiger partial charge in [0.25, 0.3) is 0 Å². The number of rotatable bonds is 1. The fourth-order valence-corrected chi connectivity index (χ4v) is 2.55. The first-order valence-corrected chi connectivity index (χ1v) is 5.31. The maximum atomic E-state index is 13.4. The summed E-state index contributed by atoms with van der Waals surface area (Å²) in [4.78, 5) is 10.8. The van der Waals surface area contributed by atoms with E-state index in [4.69, 9.17) is 5.11 Å². The number of carboxylic acids is 1. The van der Waals surface area contributed by atoms with E-state index >= 15 is 0 Å². The molecule has 1 aromatic carbocycles. The molecule has 1 aromatic heterocycles. The summed E-state index contributed by atoms with van der Waals surface area (Å²) in [6, 6.07) is 4.72. The maximum Gasteiger partial charge on any atom is 0.345 e. The highest BCUT2D eigenvalue weighted by atomic mass is 79.9. The SMILES string of the molecule is O=C(O)c1cc2ccc(Br)c(F)c2s1. The number of halogens is 2. The molecule has 0 atom stereocenters. The Bertz CT molecular complexity index is 521. The van der Waals surface area contributed by atoms with E-state index in [-0.39, 0.29) is 4.88 Å². The summed E-state index contributed by atoms with van der Waals surface area (Å²) >= 11 is 3.99. The molecule has 0 aliphatic heterocycles. The minimum absolute atomic E-state index is 0.150. The third kappa shape index (κ3) is 1.42. The average Bonchev–Trinajstić information content (AvgIpc) is 2.56. The highest BCUT2D eigenvalue weighted by Crippen LogP contribution is 2.31. The van der Waals surface area contributed by atoms with E-state index in [0.717, 1.165) is 11.3 Å². The lowest BCUT2D eigenvalue weighted by Crippen LogP contribution is -1.89. The molecule has 0 saturated carbocycles. The van der Waals surface area contributed by atoms with Gasteiger partial charge in [0.1, 0.15) is 4.88 Å². The van der Waals surface area contributed by atoms with E-state index in [1.54, 1.807) is 12.1 Å². The van der Waals surface area contributed by atoms with Crippen LogP contribution in [0.3, 0.4) is 0 Å². The van der Waals surface area contributed by atoms with Crippen LogP contribution in [0.25, 0.3) is 10.1 Å². The van der Waals surface area contributed by atoms with Crippen molar-refractivity contribution in [3.63, 3.8) is 0 Å². The standard InChI is InChI=1S/C9H4BrFO2S/c10-5-2-1-4-3-6(9(12)13)14-8(4)7(5)11/h1-3H,(H,12,13). The zero-order valence-electron chi connectivity index (χ0n) is 6.75. The number of thiophene rings is 1. The van der Waals surface area contributed by atoms with E-state index in [2.05, 4.69) is 15.9 Å². The van der Waals surface area contributed by atoms with Gasteiger partial charge in [-0.3, -0.25) is 0 Å². The molecular formula is C9H4BrFO2S. The lowest BCUT2D eigenvalue weighted by atomic mass is 10.2. The van der Waals surface area contributed by atoms with Crippen molar-refractivity contribution in [3.05, 3.63) is 33.4 Å². The van der Waals surface area contributed by atoms with Crippen molar-refractivity contribution in [2.24, 2.45) is 0 Å². The molecule has 1 heterocycles. The molecule has 0 spiro atoms. The van der Waals surface area contributed by atoms with E-state index in [9.17, 15) is 9.18 Å². The van der Waals surface area contributed by atoms with Crippen molar-refractivity contribution in [1.82, 2.24) is 0 Å². The van der Waals surface area contributed by atoms with Crippen molar-refractivity contribution in [1.29, 1.82) is 0 Å². The molecule has 0 fully saturated rings. The van der Waals surface area contributed by atoms with Crippen LogP contribution in [-0.4, -0.2) is 11.1 Å². The molecule has 0 bridgehead atoms. The zero-order valence-corrected chi connectivity index (χ0v) is 9.15. The van der Waals surface area contributed by atoms with Gasteiger partial charge in [0.05, 0.1) is 9.17 Å². The third-order valence-electron chi connectivity index (χ3n) is 1.79. The van der Waals surface area contributed by atoms with Crippen LogP contribution in [0, 0.1) is 5.82 Å². The Morgan fingerprint density at radius 1 is 1.50 bits per heavy atom. The smallest absolute Gasteiger partial charge is 0.345 e. The van der Waals surface area contributed by atoms with Crippen LogP contribution >= 0.6 is 27.3 Å². The Kier molecular flexibility index (Phi) is 2.28. The summed E-state index contributed by atoms with van der Waals surface area (Å²) in [7, 11) is 0. The van der Waals surface area contributed by atoms with Gasteiger partial charge in [0, 0.05) is 0 Å². The van der Waals surface area contributed by atoms with Gasteiger partial charge >= 0.3 is 5.97 Å². The predicted molar refractivity (Wildman–Crippen MR) is 56.4 cm³/mol. The second-order valence-electron chi connectivity index (χ2n) is 2.70. The Balaban J connectivity index is 2.77. The number of carboxylic acid groups (broad SMARTS) is 1. The van der Waals surface area contributed by atoms with Crippen molar-refractivity contribution in [2.45, 2.75) is 0 Å². The molecule has 1 N–H and O–H groups in total. The summed E-state index contributed by atoms with van der Waals surface area (Å²) in [6.07, 6.45) is 0. The Morgan fingerprint density at radius 3 is 2.86 bits per heavy atom. The topological polar surface area (TPSA) is 37.3 Å². The van der Waals surface area contributed by atoms with Crippen molar-refractivity contribution in [2.75, 3.05) is 0 Å². The highest BCUT2D eigenvalue weighted by molar-refractivity contribution is 9.10. The minimum atomic E-state index is -1.03. The van der Waals surface area contributed by atoms with E-state index in [1.807, 2.05) is 0 Å². The summed E-state index contributed by atoms with van der Waals surface area (Å²) in [5.74, 6) is -1.43. The van der Waals surface area contributed by atoms with Gasteiger partial charge in [-0.05, 0) is 33.4 Å². The summed E-state index contributed by atoms with van der Waals surface area (Å²) in [5.41, 5.74) is 0. The molecule has 0 saturated heterocycles. The zero-order chi connectivity index (χ0) is 10.3. The number of hydrogen-bond donors (Lipinski definition) is 1. The summed E-state index contributed by atoms with van der Waals surface area (Å²) < 4.78 is 14.2. The fourth-order valence-electron chi connectivity index (χ4n) is 1.15. The average molecular weight is 275 g/mol. The van der Waals surface area contributed by atoms with Gasteiger partial charge in [-0.2, -0.15) is 0 Å². The first-order chi connectivity index (χ1) is 6.59. The highest BCUT2D eigenvalue weighted by Gasteiger charge is 2.12. The van der Waals surface area contributed by atoms with Gasteiger partial charge in [-0.1, -0.05) is 6.07 Å². The lowest BCUT2D eigenvalue weighted by molar-refractivity contribution is 0.0702. The van der Waals surface area contributed by atoms with Gasteiger partial charge in [-0.15, -0.1) is 11.3 Å². The molecule has 14 heavy (non-hydrogen) atoms. The quantitative estimate of drug-likeness (QED) is 0.864. The Labute approximate surface area is 91.1 Å². The lowest BCUT2D eigenvalue weighted by Gasteiger charge is -1.93. The Hall–Kier alpha value is -0.940. The second kappa shape index (κ2) is 3.33. The number of hydrogen-bond acceptors (Lipinski definition) is 2. The van der Waals surface area contributed by atoms with Gasteiger partial charge in [0.15, 0.2) is 5.82 Å². The molecule has 0 unspecified atom stereocenters. The largest absolute Gasteiger partial charge is 0.477 e. The summed E-state index contributed by atoms with van der Waals surface area (Å²) in [6.45, 7) is 0. The predicted octanol–water partition coefficient (Wildman–Crippen LogP) is 3.50. The molecule has 2 aromatic rings. The van der Waals surface area contributed by atoms with Crippen LogP contribution in [0.1, 0.15) is 9.67 Å². The van der Waals surface area contributed by atoms with Gasteiger partial charge in [0.2, 0.25) is 0 Å². The number of benzene rings is 1. The van der Waals surface area contributed by atoms with E-state index in [0.29, 0.717) is 14.6 Å². The number of fused-ring (bicyclic) bond motifs is 1. The molecule has 0 radical (unpaired) electrons. The van der Waals surface area contributed by atoms with Crippen molar-refractivity contribution < 1.29 is 14.3 Å². The third-order valence-corrected chi connectivity index (χ3v) is 3.53. The van der Waals surface area contributed by atoms with E-state index in [1.165, 1.54) is 6.07 Å². The first kappa shape index (κ1) is 9.61. The number of carbonyl (C=O) groups is 1. The molecule has 0 aliphatic carbocycles. The molecule has 2 rings (SSSR count). The fraction of sp³-hybridized carbons (Fsp3) is 0. The van der Waals surface area contributed by atoms with E-state index < -0.39 is 11.8 Å². The molecular weight excluding hydrogens is 271 g/mol. The van der Waals surface area contributed by atoms with Crippen LogP contribution in [-0.2, 0) is 0 Å². The second-order valence-corrected chi connectivity index (χ2v) is 4.60.